The second-order valence-electron chi connectivity index (χ2n) is 6.87. The fourth-order valence-corrected chi connectivity index (χ4v) is 3.91. The number of rotatable bonds is 3. The van der Waals surface area contributed by atoms with Gasteiger partial charge in [-0.3, -0.25) is 9.36 Å². The molecule has 1 fully saturated rings. The molecule has 0 bridgehead atoms. The Morgan fingerprint density at radius 2 is 2.00 bits per heavy atom. The Morgan fingerprint density at radius 3 is 2.68 bits per heavy atom. The normalized spacial score (nSPS) is 15.2. The summed E-state index contributed by atoms with van der Waals surface area (Å²) < 4.78 is 3.06. The lowest BCUT2D eigenvalue weighted by molar-refractivity contribution is 0.423. The van der Waals surface area contributed by atoms with E-state index in [1.54, 1.807) is 16.8 Å². The third-order valence-electron chi connectivity index (χ3n) is 5.17. The Kier molecular flexibility index (Phi) is 5.31. The fourth-order valence-electron chi connectivity index (χ4n) is 3.68. The lowest BCUT2D eigenvalue weighted by atomic mass is 10.0. The van der Waals surface area contributed by atoms with Gasteiger partial charge in [0, 0.05) is 12.7 Å². The van der Waals surface area contributed by atoms with Crippen LogP contribution in [0, 0.1) is 11.3 Å². The van der Waals surface area contributed by atoms with E-state index < -0.39 is 0 Å². The standard InChI is InChI=1S/C20H15ClN8O.H2S/c21-14-6-9-28-16(14)19(30)29(13-4-2-1-3-5-13)18(26-28)15-7-8-27(15)17-12(10-22)11-24-20(23)25-17;/h1-6,9,11,15H,7-8H2,(H2,23,24,25);1H2/t15-;/m0./s1. The van der Waals surface area contributed by atoms with Crippen LogP contribution in [-0.2, 0) is 0 Å². The number of nitrogen functional groups attached to an aromatic ring is 1. The van der Waals surface area contributed by atoms with Gasteiger partial charge in [-0.1, -0.05) is 29.8 Å². The third kappa shape index (κ3) is 3.28. The quantitative estimate of drug-likeness (QED) is 0.507. The van der Waals surface area contributed by atoms with Gasteiger partial charge in [-0.05, 0) is 24.6 Å². The second kappa shape index (κ2) is 7.94. The molecule has 0 amide bonds. The molecular weight excluding hydrogens is 436 g/mol. The highest BCUT2D eigenvalue weighted by Crippen LogP contribution is 2.38. The molecule has 1 atom stereocenters. The molecule has 0 aliphatic carbocycles. The number of nitrogens with two attached hydrogens (primary N) is 1. The Hall–Kier alpha value is -3.55. The molecule has 1 aromatic carbocycles. The van der Waals surface area contributed by atoms with Crippen LogP contribution in [0.2, 0.25) is 5.02 Å². The number of nitriles is 1. The molecule has 1 aliphatic rings. The molecule has 3 aromatic heterocycles. The largest absolute Gasteiger partial charge is 0.368 e. The molecule has 0 radical (unpaired) electrons. The number of hydrogen-bond acceptors (Lipinski definition) is 7. The average Bonchev–Trinajstić information content (AvgIpc) is 3.09. The van der Waals surface area contributed by atoms with Gasteiger partial charge in [0.2, 0.25) is 5.95 Å². The van der Waals surface area contributed by atoms with Crippen LogP contribution in [-0.4, -0.2) is 30.7 Å². The Morgan fingerprint density at radius 1 is 1.23 bits per heavy atom. The van der Waals surface area contributed by atoms with Crippen LogP contribution >= 0.6 is 25.1 Å². The van der Waals surface area contributed by atoms with Gasteiger partial charge in [0.15, 0.2) is 11.6 Å². The average molecular weight is 453 g/mol. The summed E-state index contributed by atoms with van der Waals surface area (Å²) in [4.78, 5) is 23.5. The first-order valence-corrected chi connectivity index (χ1v) is 9.60. The molecular formula is C20H17ClN8OS. The second-order valence-corrected chi connectivity index (χ2v) is 7.27. The Balaban J connectivity index is 0.00000231. The van der Waals surface area contributed by atoms with Gasteiger partial charge in [0.25, 0.3) is 5.56 Å². The van der Waals surface area contributed by atoms with Crippen molar-refractivity contribution in [3.63, 3.8) is 0 Å². The zero-order chi connectivity index (χ0) is 20.8. The van der Waals surface area contributed by atoms with Crippen molar-refractivity contribution < 1.29 is 0 Å². The maximum Gasteiger partial charge on any atom is 0.284 e. The molecule has 31 heavy (non-hydrogen) atoms. The lowest BCUT2D eigenvalue weighted by Crippen LogP contribution is -2.45. The van der Waals surface area contributed by atoms with Crippen molar-refractivity contribution in [3.05, 3.63) is 75.6 Å². The van der Waals surface area contributed by atoms with Crippen molar-refractivity contribution in [1.82, 2.24) is 24.1 Å². The minimum absolute atomic E-state index is 0. The fraction of sp³-hybridized carbons (Fsp3) is 0.150. The van der Waals surface area contributed by atoms with Crippen LogP contribution in [0.1, 0.15) is 23.9 Å². The Bertz CT molecular complexity index is 1380. The number of anilines is 2. The number of nitrogens with zero attached hydrogens (tertiary/aromatic N) is 7. The molecule has 4 aromatic rings. The molecule has 0 unspecified atom stereocenters. The summed E-state index contributed by atoms with van der Waals surface area (Å²) in [5, 5.41) is 14.5. The van der Waals surface area contributed by atoms with Crippen LogP contribution in [0.3, 0.4) is 0 Å². The summed E-state index contributed by atoms with van der Waals surface area (Å²) in [6.45, 7) is 0.644. The summed E-state index contributed by atoms with van der Waals surface area (Å²) >= 11 is 6.25. The molecule has 1 saturated heterocycles. The molecule has 11 heteroatoms. The van der Waals surface area contributed by atoms with E-state index in [-0.39, 0.29) is 31.0 Å². The third-order valence-corrected chi connectivity index (χ3v) is 5.48. The number of halogens is 1. The predicted octanol–water partition coefficient (Wildman–Crippen LogP) is 2.45. The lowest BCUT2D eigenvalue weighted by Gasteiger charge is -2.42. The highest BCUT2D eigenvalue weighted by atomic mass is 35.5. The summed E-state index contributed by atoms with van der Waals surface area (Å²) in [5.41, 5.74) is 6.79. The molecule has 9 nitrogen and oxygen atoms in total. The molecule has 156 valence electrons. The van der Waals surface area contributed by atoms with Gasteiger partial charge < -0.3 is 10.6 Å². The van der Waals surface area contributed by atoms with Gasteiger partial charge in [0.1, 0.15) is 17.1 Å². The minimum atomic E-state index is -0.273. The van der Waals surface area contributed by atoms with Gasteiger partial charge in [-0.25, -0.2) is 9.50 Å². The van der Waals surface area contributed by atoms with E-state index in [2.05, 4.69) is 16.0 Å². The van der Waals surface area contributed by atoms with Crippen molar-refractivity contribution in [2.45, 2.75) is 12.5 Å². The van der Waals surface area contributed by atoms with Crippen LogP contribution in [0.25, 0.3) is 11.2 Å². The SMILES string of the molecule is N#Cc1cnc(N)nc1N1CC[C@H]1c1nn2ccc(Cl)c2c(=O)n1-c1ccccc1.S. The number of para-hydroxylation sites is 1. The van der Waals surface area contributed by atoms with Crippen molar-refractivity contribution in [1.29, 1.82) is 5.26 Å². The summed E-state index contributed by atoms with van der Waals surface area (Å²) in [6.07, 6.45) is 3.79. The van der Waals surface area contributed by atoms with E-state index in [0.717, 1.165) is 6.42 Å². The van der Waals surface area contributed by atoms with Crippen LogP contribution in [0.4, 0.5) is 11.8 Å². The predicted molar refractivity (Wildman–Crippen MR) is 122 cm³/mol. The molecule has 0 saturated carbocycles. The van der Waals surface area contributed by atoms with Crippen molar-refractivity contribution in [3.8, 4) is 11.8 Å². The monoisotopic (exact) mass is 452 g/mol. The van der Waals surface area contributed by atoms with Gasteiger partial charge in [-0.15, -0.1) is 0 Å². The maximum atomic E-state index is 13.4. The highest BCUT2D eigenvalue weighted by Gasteiger charge is 2.37. The van der Waals surface area contributed by atoms with Crippen LogP contribution in [0.5, 0.6) is 0 Å². The van der Waals surface area contributed by atoms with Crippen molar-refractivity contribution >= 4 is 42.4 Å². The molecule has 4 heterocycles. The molecule has 5 rings (SSSR count). The van der Waals surface area contributed by atoms with Crippen molar-refractivity contribution in [2.75, 3.05) is 17.2 Å². The number of fused-ring (bicyclic) bond motifs is 1. The summed E-state index contributed by atoms with van der Waals surface area (Å²) in [5.74, 6) is 1.04. The van der Waals surface area contributed by atoms with Gasteiger partial charge >= 0.3 is 0 Å². The van der Waals surface area contributed by atoms with Gasteiger partial charge in [-0.2, -0.15) is 28.8 Å². The van der Waals surface area contributed by atoms with Gasteiger partial charge in [0.05, 0.1) is 22.9 Å². The minimum Gasteiger partial charge on any atom is -0.368 e. The topological polar surface area (TPSA) is 118 Å². The van der Waals surface area contributed by atoms with Crippen molar-refractivity contribution in [2.24, 2.45) is 0 Å². The zero-order valence-corrected chi connectivity index (χ0v) is 17.9. The van der Waals surface area contributed by atoms with E-state index in [1.165, 1.54) is 10.7 Å². The maximum absolute atomic E-state index is 13.4. The van der Waals surface area contributed by atoms with E-state index in [4.69, 9.17) is 22.4 Å². The van der Waals surface area contributed by atoms with E-state index in [9.17, 15) is 10.1 Å². The van der Waals surface area contributed by atoms with E-state index >= 15 is 0 Å². The first kappa shape index (κ1) is 20.7. The molecule has 0 spiro atoms. The summed E-state index contributed by atoms with van der Waals surface area (Å²) in [6, 6.07) is 12.7. The van der Waals surface area contributed by atoms with Crippen LogP contribution in [0.15, 0.2) is 53.6 Å². The molecule has 2 N–H and O–H groups in total. The smallest absolute Gasteiger partial charge is 0.284 e. The first-order chi connectivity index (χ1) is 14.6. The number of aromatic nitrogens is 5. The highest BCUT2D eigenvalue weighted by molar-refractivity contribution is 7.59. The van der Waals surface area contributed by atoms with Crippen LogP contribution < -0.4 is 16.2 Å². The number of benzene rings is 1. The zero-order valence-electron chi connectivity index (χ0n) is 16.1. The first-order valence-electron chi connectivity index (χ1n) is 9.23. The number of hydrogen-bond donors (Lipinski definition) is 1. The van der Waals surface area contributed by atoms with E-state index in [1.807, 2.05) is 35.2 Å². The summed E-state index contributed by atoms with van der Waals surface area (Å²) in [7, 11) is 0. The Labute approximate surface area is 188 Å². The van der Waals surface area contributed by atoms with E-state index in [0.29, 0.717) is 40.0 Å². The molecule has 1 aliphatic heterocycles.